The summed E-state index contributed by atoms with van der Waals surface area (Å²) in [5.74, 6) is 0.582. The molecule has 4 unspecified atom stereocenters. The minimum absolute atomic E-state index is 0. The van der Waals surface area contributed by atoms with Gasteiger partial charge in [0.1, 0.15) is 0 Å². The van der Waals surface area contributed by atoms with Crippen LogP contribution in [0.25, 0.3) is 0 Å². The van der Waals surface area contributed by atoms with E-state index < -0.39 is 28.1 Å². The van der Waals surface area contributed by atoms with Crippen molar-refractivity contribution in [2.75, 3.05) is 51.8 Å². The average Bonchev–Trinajstić information content (AvgIpc) is 2.65. The first-order valence-electron chi connectivity index (χ1n) is 13.5. The molecule has 0 aliphatic carbocycles. The molecule has 0 heterocycles. The normalized spacial score (nSPS) is 16.3. The Hall–Kier alpha value is 0.710. The van der Waals surface area contributed by atoms with Crippen molar-refractivity contribution in [2.45, 2.75) is 99.7 Å². The second-order valence-corrected chi connectivity index (χ2v) is 14.7. The molecule has 218 valence electrons. The summed E-state index contributed by atoms with van der Waals surface area (Å²) in [6.07, 6.45) is 2.62. The van der Waals surface area contributed by atoms with Crippen LogP contribution in [0, 0.1) is 22.7 Å². The van der Waals surface area contributed by atoms with Crippen LogP contribution in [0.5, 0.6) is 0 Å². The molecule has 0 amide bonds. The molecule has 8 nitrogen and oxygen atoms in total. The van der Waals surface area contributed by atoms with Crippen LogP contribution in [0.15, 0.2) is 0 Å². The molecular formula is C27H56NNaO7S. The third-order valence-corrected chi connectivity index (χ3v) is 6.65. The zero-order valence-electron chi connectivity index (χ0n) is 25.3. The molecule has 2 N–H and O–H groups in total. The molecule has 0 aromatic carbocycles. The van der Waals surface area contributed by atoms with Crippen LogP contribution in [0.3, 0.4) is 0 Å². The Morgan fingerprint density at radius 2 is 1.19 bits per heavy atom. The van der Waals surface area contributed by atoms with Crippen LogP contribution in [-0.2, 0) is 19.6 Å². The van der Waals surface area contributed by atoms with E-state index in [0.717, 1.165) is 25.7 Å². The van der Waals surface area contributed by atoms with Gasteiger partial charge in [0.25, 0.3) is 0 Å². The van der Waals surface area contributed by atoms with Crippen molar-refractivity contribution >= 4 is 10.1 Å². The van der Waals surface area contributed by atoms with Crippen LogP contribution in [0.2, 0.25) is 0 Å². The largest absolute Gasteiger partial charge is 1.00 e. The Labute approximate surface area is 250 Å². The number of ether oxygens (including phenoxy) is 2. The molecule has 0 aliphatic heterocycles. The zero-order chi connectivity index (χ0) is 28.0. The van der Waals surface area contributed by atoms with Gasteiger partial charge < -0.3 is 24.2 Å². The second kappa shape index (κ2) is 19.7. The van der Waals surface area contributed by atoms with E-state index in [2.05, 4.69) is 55.4 Å². The molecule has 0 fully saturated rings. The topological polar surface area (TPSA) is 119 Å². The monoisotopic (exact) mass is 561 g/mol. The average molecular weight is 562 g/mol. The van der Waals surface area contributed by atoms with Crippen molar-refractivity contribution in [2.24, 2.45) is 22.7 Å². The van der Waals surface area contributed by atoms with Crippen LogP contribution >= 0.6 is 0 Å². The van der Waals surface area contributed by atoms with Crippen molar-refractivity contribution in [1.82, 2.24) is 4.90 Å². The molecule has 0 spiro atoms. The van der Waals surface area contributed by atoms with Crippen molar-refractivity contribution in [1.29, 1.82) is 0 Å². The quantitative estimate of drug-likeness (QED) is 0.128. The molecule has 0 aliphatic rings. The number of aliphatic hydroxyl groups excluding tert-OH is 2. The number of nitrogens with zero attached hydrogens (tertiary/aromatic N) is 1. The van der Waals surface area contributed by atoms with Gasteiger partial charge in [-0.1, -0.05) is 55.4 Å². The number of rotatable bonds is 20. The van der Waals surface area contributed by atoms with Gasteiger partial charge in [-0.3, -0.25) is 4.90 Å². The van der Waals surface area contributed by atoms with Gasteiger partial charge in [0.15, 0.2) is 0 Å². The molecule has 0 radical (unpaired) electrons. The number of hydrogen-bond donors (Lipinski definition) is 2. The summed E-state index contributed by atoms with van der Waals surface area (Å²) < 4.78 is 44.3. The van der Waals surface area contributed by atoms with Gasteiger partial charge in [0.05, 0.1) is 35.5 Å². The molecule has 0 aromatic rings. The van der Waals surface area contributed by atoms with Gasteiger partial charge in [-0.25, -0.2) is 8.42 Å². The van der Waals surface area contributed by atoms with E-state index in [1.165, 1.54) is 0 Å². The predicted molar refractivity (Wildman–Crippen MR) is 145 cm³/mol. The van der Waals surface area contributed by atoms with Crippen LogP contribution < -0.4 is 29.6 Å². The molecule has 4 atom stereocenters. The summed E-state index contributed by atoms with van der Waals surface area (Å²) >= 11 is 0. The Morgan fingerprint density at radius 3 is 1.51 bits per heavy atom. The van der Waals surface area contributed by atoms with Gasteiger partial charge in [0.2, 0.25) is 0 Å². The van der Waals surface area contributed by atoms with Crippen LogP contribution in [0.4, 0.5) is 0 Å². The Balaban J connectivity index is 0. The van der Waals surface area contributed by atoms with Crippen molar-refractivity contribution in [3.63, 3.8) is 0 Å². The van der Waals surface area contributed by atoms with Crippen molar-refractivity contribution in [3.05, 3.63) is 0 Å². The minimum atomic E-state index is -4.31. The van der Waals surface area contributed by atoms with E-state index >= 15 is 0 Å². The first-order valence-corrected chi connectivity index (χ1v) is 15.1. The molecule has 0 aromatic heterocycles. The molecular weight excluding hydrogens is 505 g/mol. The fourth-order valence-electron chi connectivity index (χ4n) is 4.73. The summed E-state index contributed by atoms with van der Waals surface area (Å²) in [5.41, 5.74) is 0.540. The minimum Gasteiger partial charge on any atom is -0.748 e. The smallest absolute Gasteiger partial charge is 0.748 e. The second-order valence-electron chi connectivity index (χ2n) is 13.1. The molecule has 0 bridgehead atoms. The van der Waals surface area contributed by atoms with Crippen LogP contribution in [-0.4, -0.2) is 92.1 Å². The van der Waals surface area contributed by atoms with Gasteiger partial charge >= 0.3 is 29.6 Å². The fraction of sp³-hybridized carbons (Fsp3) is 1.00. The molecule has 0 saturated carbocycles. The van der Waals surface area contributed by atoms with Crippen LogP contribution in [0.1, 0.15) is 87.5 Å². The molecule has 10 heteroatoms. The van der Waals surface area contributed by atoms with Gasteiger partial charge in [-0.2, -0.15) is 0 Å². The number of aliphatic hydroxyl groups is 2. The summed E-state index contributed by atoms with van der Waals surface area (Å²) in [5, 5.41) is 20.9. The Morgan fingerprint density at radius 1 is 0.811 bits per heavy atom. The Bertz CT molecular complexity index is 627. The maximum absolute atomic E-state index is 11.0. The van der Waals surface area contributed by atoms with Crippen molar-refractivity contribution in [3.8, 4) is 0 Å². The first kappa shape index (κ1) is 39.9. The van der Waals surface area contributed by atoms with E-state index in [-0.39, 0.29) is 79.7 Å². The van der Waals surface area contributed by atoms with Crippen molar-refractivity contribution < 1.29 is 62.2 Å². The zero-order valence-corrected chi connectivity index (χ0v) is 28.1. The standard InChI is InChI=1S/C27H57NO7S.Na/c1-22(16-26(3,4)5)10-13-34-20-24(29)18-28(12-9-15-36(31,32)33)19-25(30)21-35-14-11-23(2)17-27(6,7)8;/h22-25,29-30H,9-21H2,1-8H3,(H,31,32,33);/q;+1/p-1. The van der Waals surface area contributed by atoms with E-state index in [0.29, 0.717) is 25.0 Å². The third-order valence-electron chi connectivity index (χ3n) is 5.86. The molecule has 0 saturated heterocycles. The van der Waals surface area contributed by atoms with Gasteiger partial charge in [0, 0.05) is 32.1 Å². The predicted octanol–water partition coefficient (Wildman–Crippen LogP) is 0.908. The summed E-state index contributed by atoms with van der Waals surface area (Å²) in [4.78, 5) is 1.78. The molecule has 37 heavy (non-hydrogen) atoms. The first-order chi connectivity index (χ1) is 16.4. The fourth-order valence-corrected chi connectivity index (χ4v) is 5.21. The third kappa shape index (κ3) is 28.0. The van der Waals surface area contributed by atoms with Gasteiger partial charge in [-0.05, 0) is 61.3 Å². The number of hydrogen-bond acceptors (Lipinski definition) is 8. The summed E-state index contributed by atoms with van der Waals surface area (Å²) in [6, 6.07) is 0. The summed E-state index contributed by atoms with van der Waals surface area (Å²) in [7, 11) is -4.31. The maximum atomic E-state index is 11.0. The molecule has 0 rings (SSSR count). The van der Waals surface area contributed by atoms with Gasteiger partial charge in [-0.15, -0.1) is 0 Å². The van der Waals surface area contributed by atoms with E-state index in [1.807, 2.05) is 0 Å². The Kier molecular flexibility index (Phi) is 21.3. The van der Waals surface area contributed by atoms with E-state index in [4.69, 9.17) is 9.47 Å². The van der Waals surface area contributed by atoms with E-state index in [1.54, 1.807) is 4.90 Å². The SMILES string of the molecule is CC(CCOCC(O)CN(CCCS(=O)(=O)[O-])CC(O)COCCC(C)CC(C)(C)C)CC(C)(C)C.[Na+]. The van der Waals surface area contributed by atoms with E-state index in [9.17, 15) is 23.2 Å². The summed E-state index contributed by atoms with van der Waals surface area (Å²) in [6.45, 7) is 19.9. The maximum Gasteiger partial charge on any atom is 1.00 e.